The van der Waals surface area contributed by atoms with Gasteiger partial charge in [-0.2, -0.15) is 0 Å². The number of aliphatic carboxylic acids is 1. The van der Waals surface area contributed by atoms with E-state index in [0.29, 0.717) is 37.3 Å². The van der Waals surface area contributed by atoms with Crippen molar-refractivity contribution >= 4 is 77.0 Å². The Morgan fingerprint density at radius 2 is 1.03 bits per heavy atom. The van der Waals surface area contributed by atoms with Crippen LogP contribution in [-0.2, 0) is 65.6 Å². The highest BCUT2D eigenvalue weighted by atomic mass is 16.4. The minimum Gasteiger partial charge on any atom is -0.508 e. The molecule has 0 saturated carbocycles. The molecule has 22 N–H and O–H groups in total. The van der Waals surface area contributed by atoms with Crippen LogP contribution in [0.15, 0.2) is 64.6 Å². The fourth-order valence-electron chi connectivity index (χ4n) is 8.91. The number of likely N-dealkylation sites (N-methyl/N-ethyl adjacent to an activating group) is 1. The molecule has 8 atom stereocenters. The molecule has 0 bridgehead atoms. The number of carbonyl (C=O) groups excluding carboxylic acids is 10. The van der Waals surface area contributed by atoms with Crippen molar-refractivity contribution in [3.63, 3.8) is 0 Å². The number of aliphatic imine (C=N–C) groups is 2. The van der Waals surface area contributed by atoms with Crippen LogP contribution in [0.3, 0.4) is 0 Å². The Morgan fingerprint density at radius 1 is 0.581 bits per heavy atom. The number of carboxylic acid groups (broad SMARTS) is 1. The maximum absolute atomic E-state index is 14.7. The van der Waals surface area contributed by atoms with Crippen molar-refractivity contribution in [3.05, 3.63) is 65.7 Å². The van der Waals surface area contributed by atoms with Crippen molar-refractivity contribution in [1.29, 1.82) is 0 Å². The number of primary amides is 2. The predicted molar refractivity (Wildman–Crippen MR) is 316 cm³/mol. The van der Waals surface area contributed by atoms with Gasteiger partial charge in [-0.05, 0) is 74.6 Å². The van der Waals surface area contributed by atoms with Gasteiger partial charge >= 0.3 is 5.97 Å². The smallest absolute Gasteiger partial charge is 0.303 e. The van der Waals surface area contributed by atoms with E-state index in [0.717, 1.165) is 4.90 Å². The number of aromatic hydroxyl groups is 1. The van der Waals surface area contributed by atoms with Gasteiger partial charge in [0.15, 0.2) is 11.9 Å². The Labute approximate surface area is 498 Å². The van der Waals surface area contributed by atoms with Crippen LogP contribution < -0.4 is 76.9 Å². The first kappa shape index (κ1) is 71.1. The number of benzene rings is 2. The SMILES string of the molecule is CC(C)C[C@H](NC(=O)[C@H](CCC(=O)O)NC(=O)[C@H](Cc1ccc(O)cc1)NC(=O)CN1CCNCC1)C(=O)N[C@@H](Cc1ccccc1)C(=O)N[C@@H](CCCN=C(N)N)C(=O)N(C)[C@@H](C)C(=O)N[C@@H](CCCN=C(N)N)C(=O)N[C@@H](CC(N)=O)C(N)=O. The minimum absolute atomic E-state index is 0.000349. The molecule has 31 nitrogen and oxygen atoms in total. The van der Waals surface area contributed by atoms with E-state index in [1.54, 1.807) is 56.3 Å². The number of nitrogens with one attached hydrogen (secondary N) is 8. The molecule has 0 spiro atoms. The van der Waals surface area contributed by atoms with Crippen LogP contribution in [0.2, 0.25) is 0 Å². The molecule has 1 heterocycles. The lowest BCUT2D eigenvalue weighted by Crippen LogP contribution is -2.60. The maximum Gasteiger partial charge on any atom is 0.303 e. The van der Waals surface area contributed by atoms with Crippen molar-refractivity contribution in [3.8, 4) is 5.75 Å². The fraction of sp³-hybridized carbons (Fsp3) is 0.545. The summed E-state index contributed by atoms with van der Waals surface area (Å²) in [5, 5.41) is 41.1. The van der Waals surface area contributed by atoms with Crippen molar-refractivity contribution < 1.29 is 63.0 Å². The summed E-state index contributed by atoms with van der Waals surface area (Å²) in [5.74, 6) is -10.8. The number of piperazine rings is 1. The van der Waals surface area contributed by atoms with Crippen LogP contribution in [0.4, 0.5) is 0 Å². The summed E-state index contributed by atoms with van der Waals surface area (Å²) in [7, 11) is 1.26. The molecule has 0 radical (unpaired) electrons. The number of carbonyl (C=O) groups is 11. The molecule has 0 aliphatic carbocycles. The predicted octanol–water partition coefficient (Wildman–Crippen LogP) is -5.30. The Morgan fingerprint density at radius 3 is 1.56 bits per heavy atom. The van der Waals surface area contributed by atoms with Crippen LogP contribution in [0, 0.1) is 5.92 Å². The summed E-state index contributed by atoms with van der Waals surface area (Å²) in [6.07, 6.45) is -1.96. The average molecular weight is 1210 g/mol. The Hall–Kier alpha value is -9.13. The second-order valence-electron chi connectivity index (χ2n) is 21.2. The van der Waals surface area contributed by atoms with Crippen molar-refractivity contribution in [1.82, 2.24) is 52.3 Å². The van der Waals surface area contributed by atoms with Gasteiger partial charge in [-0.3, -0.25) is 67.6 Å². The summed E-state index contributed by atoms with van der Waals surface area (Å²) in [6.45, 7) is 7.30. The third-order valence-electron chi connectivity index (χ3n) is 13.7. The van der Waals surface area contributed by atoms with E-state index in [9.17, 15) is 63.0 Å². The van der Waals surface area contributed by atoms with E-state index in [1.807, 2.05) is 4.90 Å². The molecule has 1 aliphatic heterocycles. The van der Waals surface area contributed by atoms with Crippen LogP contribution in [0.5, 0.6) is 5.75 Å². The zero-order chi connectivity index (χ0) is 64.0. The number of phenols is 1. The number of amides is 10. The normalized spacial score (nSPS) is 15.0. The van der Waals surface area contributed by atoms with Gasteiger partial charge in [-0.15, -0.1) is 0 Å². The number of carboxylic acids is 1. The molecule has 1 aliphatic rings. The zero-order valence-electron chi connectivity index (χ0n) is 49.1. The molecule has 0 unspecified atom stereocenters. The zero-order valence-corrected chi connectivity index (χ0v) is 49.1. The van der Waals surface area contributed by atoms with Gasteiger partial charge in [0.1, 0.15) is 54.1 Å². The number of guanidine groups is 2. The molecule has 31 heteroatoms. The first-order valence-electron chi connectivity index (χ1n) is 28.2. The summed E-state index contributed by atoms with van der Waals surface area (Å²) < 4.78 is 0. The molecule has 2 aromatic carbocycles. The van der Waals surface area contributed by atoms with Gasteiger partial charge in [0.2, 0.25) is 59.1 Å². The lowest BCUT2D eigenvalue weighted by Gasteiger charge is -2.31. The molecule has 2 aromatic rings. The molecule has 1 fully saturated rings. The second kappa shape index (κ2) is 36.5. The van der Waals surface area contributed by atoms with E-state index in [2.05, 4.69) is 52.5 Å². The van der Waals surface area contributed by atoms with Crippen LogP contribution in [0.1, 0.15) is 83.3 Å². The Balaban J connectivity index is 1.96. The fourth-order valence-corrected chi connectivity index (χ4v) is 8.91. The molecular weight excluding hydrogens is 1120 g/mol. The highest BCUT2D eigenvalue weighted by Gasteiger charge is 2.36. The van der Waals surface area contributed by atoms with E-state index in [4.69, 9.17) is 34.4 Å². The number of hydrogen-bond acceptors (Lipinski definition) is 16. The van der Waals surface area contributed by atoms with E-state index >= 15 is 0 Å². The molecule has 0 aromatic heterocycles. The van der Waals surface area contributed by atoms with Crippen molar-refractivity contribution in [2.24, 2.45) is 50.3 Å². The van der Waals surface area contributed by atoms with Gasteiger partial charge in [-0.25, -0.2) is 0 Å². The summed E-state index contributed by atoms with van der Waals surface area (Å²) in [6, 6.07) is 2.96. The summed E-state index contributed by atoms with van der Waals surface area (Å²) in [5.41, 5.74) is 33.7. The van der Waals surface area contributed by atoms with Gasteiger partial charge in [-0.1, -0.05) is 56.3 Å². The summed E-state index contributed by atoms with van der Waals surface area (Å²) >= 11 is 0. The van der Waals surface area contributed by atoms with Crippen LogP contribution >= 0.6 is 0 Å². The number of hydrogen-bond donors (Lipinski definition) is 16. The van der Waals surface area contributed by atoms with E-state index < -0.39 is 133 Å². The third kappa shape index (κ3) is 26.6. The number of nitrogens with two attached hydrogens (primary N) is 6. The minimum atomic E-state index is -1.56. The first-order chi connectivity index (χ1) is 40.6. The molecule has 474 valence electrons. The molecule has 86 heavy (non-hydrogen) atoms. The van der Waals surface area contributed by atoms with Gasteiger partial charge < -0.3 is 92.0 Å². The standard InChI is InChI=1S/C55H86N18O13/c1-31(2)26-40(70-49(82)37(18-19-45(77)78)67-51(84)41(28-34-14-16-35(74)17-15-34)65-44(76)30-73-24-22-62-23-25-73)50(83)71-42(27-33-10-6-5-7-11-33)52(85)68-38(13-9-21-64-55(60)61)53(86)72(4)32(3)47(80)66-36(12-8-20-63-54(58)59)48(81)69-39(46(57)79)29-43(56)75/h5-7,10-11,14-17,31-32,36-42,62,74H,8-9,12-13,18-30H2,1-4H3,(H2,56,75)(H2,57,79)(H,65,76)(H,66,80)(H,67,84)(H,68,85)(H,69,81)(H,70,82)(H,71,83)(H,77,78)(H4,58,59,63)(H4,60,61,64)/t32-,36-,37-,38-,39-,40-,41-,42-/m0/s1. The highest BCUT2D eigenvalue weighted by molar-refractivity contribution is 5.98. The lowest BCUT2D eigenvalue weighted by atomic mass is 9.99. The maximum atomic E-state index is 14.7. The Kier molecular flexibility index (Phi) is 30.2. The highest BCUT2D eigenvalue weighted by Crippen LogP contribution is 2.15. The first-order valence-corrected chi connectivity index (χ1v) is 28.2. The van der Waals surface area contributed by atoms with Crippen LogP contribution in [0.25, 0.3) is 0 Å². The van der Waals surface area contributed by atoms with Crippen molar-refractivity contribution in [2.45, 2.75) is 133 Å². The lowest BCUT2D eigenvalue weighted by molar-refractivity contribution is -0.142. The number of phenolic OH excluding ortho intramolecular Hbond substituents is 1. The molecule has 1 saturated heterocycles. The molecule has 10 amide bonds. The monoisotopic (exact) mass is 1210 g/mol. The largest absolute Gasteiger partial charge is 0.508 e. The topological polar surface area (TPSA) is 512 Å². The van der Waals surface area contributed by atoms with Gasteiger partial charge in [0, 0.05) is 65.6 Å². The Bertz CT molecular complexity index is 2680. The van der Waals surface area contributed by atoms with E-state index in [-0.39, 0.29) is 88.2 Å². The second-order valence-corrected chi connectivity index (χ2v) is 21.2. The number of nitrogens with zero attached hydrogens (tertiary/aromatic N) is 4. The van der Waals surface area contributed by atoms with Crippen LogP contribution in [-0.4, -0.2) is 198 Å². The van der Waals surface area contributed by atoms with Crippen molar-refractivity contribution in [2.75, 3.05) is 52.9 Å². The third-order valence-corrected chi connectivity index (χ3v) is 13.7. The molecular formula is C55H86N18O13. The summed E-state index contributed by atoms with van der Waals surface area (Å²) in [4.78, 5) is 160. The average Bonchev–Trinajstić information content (AvgIpc) is 3.26. The quantitative estimate of drug-likeness (QED) is 0.0171. The van der Waals surface area contributed by atoms with Gasteiger partial charge in [0.25, 0.3) is 0 Å². The van der Waals surface area contributed by atoms with Gasteiger partial charge in [0.05, 0.1) is 13.0 Å². The molecule has 3 rings (SSSR count). The van der Waals surface area contributed by atoms with E-state index in [1.165, 1.54) is 26.1 Å². The number of rotatable bonds is 37.